The van der Waals surface area contributed by atoms with Crippen molar-refractivity contribution in [2.24, 2.45) is 0 Å². The van der Waals surface area contributed by atoms with E-state index < -0.39 is 0 Å². The molecule has 2 unspecified atom stereocenters. The summed E-state index contributed by atoms with van der Waals surface area (Å²) in [6.45, 7) is 3.85. The Hall–Kier alpha value is -1.22. The van der Waals surface area contributed by atoms with Gasteiger partial charge in [-0.25, -0.2) is 0 Å². The van der Waals surface area contributed by atoms with Crippen LogP contribution in [0.25, 0.3) is 0 Å². The molecule has 0 spiro atoms. The Morgan fingerprint density at radius 2 is 2.33 bits per heavy atom. The molecule has 1 N–H and O–H groups in total. The Morgan fingerprint density at radius 1 is 1.39 bits per heavy atom. The molecular formula is C15H21NO2. The van der Waals surface area contributed by atoms with Crippen molar-refractivity contribution in [3.63, 3.8) is 0 Å². The molecule has 2 heterocycles. The van der Waals surface area contributed by atoms with Crippen molar-refractivity contribution in [3.8, 4) is 5.75 Å². The Bertz CT molecular complexity index is 419. The molecule has 2 aliphatic rings. The highest BCUT2D eigenvalue weighted by Crippen LogP contribution is 2.32. The summed E-state index contributed by atoms with van der Waals surface area (Å²) >= 11 is 0. The monoisotopic (exact) mass is 247 g/mol. The Kier molecular flexibility index (Phi) is 3.41. The fourth-order valence-electron chi connectivity index (χ4n) is 2.79. The number of para-hydroxylation sites is 1. The quantitative estimate of drug-likeness (QED) is 0.890. The topological polar surface area (TPSA) is 30.5 Å². The third-order valence-corrected chi connectivity index (χ3v) is 3.78. The molecule has 98 valence electrons. The first-order chi connectivity index (χ1) is 8.83. The zero-order valence-corrected chi connectivity index (χ0v) is 10.9. The van der Waals surface area contributed by atoms with Gasteiger partial charge in [-0.05, 0) is 44.2 Å². The lowest BCUT2D eigenvalue weighted by molar-refractivity contribution is 0.0266. The minimum atomic E-state index is 0.263. The molecule has 1 fully saturated rings. The molecule has 2 atom stereocenters. The van der Waals surface area contributed by atoms with Crippen LogP contribution >= 0.6 is 0 Å². The zero-order valence-electron chi connectivity index (χ0n) is 10.9. The minimum absolute atomic E-state index is 0.263. The largest absolute Gasteiger partial charge is 0.489 e. The summed E-state index contributed by atoms with van der Waals surface area (Å²) in [4.78, 5) is 0. The van der Waals surface area contributed by atoms with Gasteiger partial charge < -0.3 is 14.8 Å². The highest BCUT2D eigenvalue weighted by atomic mass is 16.5. The Labute approximate surface area is 108 Å². The number of nitrogens with one attached hydrogen (secondary N) is 1. The molecule has 0 aromatic heterocycles. The molecule has 0 aliphatic carbocycles. The van der Waals surface area contributed by atoms with Gasteiger partial charge in [-0.15, -0.1) is 0 Å². The van der Waals surface area contributed by atoms with E-state index in [2.05, 4.69) is 30.4 Å². The molecule has 3 rings (SSSR count). The first kappa shape index (κ1) is 11.8. The number of aryl methyl sites for hydroxylation is 1. The molecule has 1 aromatic rings. The molecular weight excluding hydrogens is 226 g/mol. The summed E-state index contributed by atoms with van der Waals surface area (Å²) in [7, 11) is 0. The summed E-state index contributed by atoms with van der Waals surface area (Å²) in [6, 6.07) is 6.32. The van der Waals surface area contributed by atoms with Crippen LogP contribution < -0.4 is 10.1 Å². The molecule has 2 aliphatic heterocycles. The molecule has 0 radical (unpaired) electrons. The highest BCUT2D eigenvalue weighted by molar-refractivity contribution is 5.63. The van der Waals surface area contributed by atoms with Crippen LogP contribution in [0.3, 0.4) is 0 Å². The number of hydrogen-bond donors (Lipinski definition) is 1. The van der Waals surface area contributed by atoms with Crippen molar-refractivity contribution in [2.45, 2.75) is 44.8 Å². The predicted molar refractivity (Wildman–Crippen MR) is 72.3 cm³/mol. The Balaban J connectivity index is 1.65. The standard InChI is InChI=1S/C15H21NO2/c1-11-7-8-13(18-11)10-17-14-6-2-4-12-5-3-9-16-15(12)14/h2,4,6,11,13,16H,3,5,7-10H2,1H3. The number of rotatable bonds is 3. The molecule has 3 heteroatoms. The summed E-state index contributed by atoms with van der Waals surface area (Å²) in [5.41, 5.74) is 2.56. The van der Waals surface area contributed by atoms with E-state index in [9.17, 15) is 0 Å². The van der Waals surface area contributed by atoms with Gasteiger partial charge in [-0.1, -0.05) is 12.1 Å². The van der Waals surface area contributed by atoms with Crippen LogP contribution in [0.15, 0.2) is 18.2 Å². The van der Waals surface area contributed by atoms with Gasteiger partial charge in [0, 0.05) is 6.54 Å². The van der Waals surface area contributed by atoms with E-state index in [0.29, 0.717) is 12.7 Å². The van der Waals surface area contributed by atoms with E-state index in [0.717, 1.165) is 31.6 Å². The molecule has 1 aromatic carbocycles. The van der Waals surface area contributed by atoms with Gasteiger partial charge in [0.25, 0.3) is 0 Å². The number of ether oxygens (including phenoxy) is 2. The lowest BCUT2D eigenvalue weighted by Crippen LogP contribution is -2.19. The average molecular weight is 247 g/mol. The number of anilines is 1. The molecule has 1 saturated heterocycles. The van der Waals surface area contributed by atoms with Gasteiger partial charge in [-0.3, -0.25) is 0 Å². The normalized spacial score (nSPS) is 26.5. The molecule has 0 amide bonds. The SMILES string of the molecule is CC1CCC(COc2cccc3c2NCCC3)O1. The van der Waals surface area contributed by atoms with Gasteiger partial charge in [0.05, 0.1) is 17.9 Å². The molecule has 0 saturated carbocycles. The lowest BCUT2D eigenvalue weighted by atomic mass is 10.0. The van der Waals surface area contributed by atoms with Crippen molar-refractivity contribution < 1.29 is 9.47 Å². The van der Waals surface area contributed by atoms with E-state index in [1.165, 1.54) is 17.7 Å². The van der Waals surface area contributed by atoms with Crippen LogP contribution in [0.4, 0.5) is 5.69 Å². The molecule has 18 heavy (non-hydrogen) atoms. The summed E-state index contributed by atoms with van der Waals surface area (Å²) in [6.07, 6.45) is 5.28. The first-order valence-electron chi connectivity index (χ1n) is 6.97. The van der Waals surface area contributed by atoms with Gasteiger partial charge >= 0.3 is 0 Å². The molecule has 0 bridgehead atoms. The second-order valence-electron chi connectivity index (χ2n) is 5.28. The van der Waals surface area contributed by atoms with Crippen LogP contribution in [0.2, 0.25) is 0 Å². The summed E-state index contributed by atoms with van der Waals surface area (Å²) < 4.78 is 11.7. The van der Waals surface area contributed by atoms with E-state index in [-0.39, 0.29) is 6.10 Å². The van der Waals surface area contributed by atoms with Crippen LogP contribution in [0.1, 0.15) is 31.7 Å². The zero-order chi connectivity index (χ0) is 12.4. The summed E-state index contributed by atoms with van der Waals surface area (Å²) in [5.74, 6) is 0.982. The van der Waals surface area contributed by atoms with Crippen molar-refractivity contribution in [1.29, 1.82) is 0 Å². The van der Waals surface area contributed by atoms with E-state index in [1.54, 1.807) is 0 Å². The van der Waals surface area contributed by atoms with Crippen molar-refractivity contribution in [2.75, 3.05) is 18.5 Å². The van der Waals surface area contributed by atoms with Crippen molar-refractivity contribution >= 4 is 5.69 Å². The maximum absolute atomic E-state index is 5.95. The smallest absolute Gasteiger partial charge is 0.142 e. The van der Waals surface area contributed by atoms with E-state index in [1.807, 2.05) is 0 Å². The van der Waals surface area contributed by atoms with Gasteiger partial charge in [0.15, 0.2) is 0 Å². The van der Waals surface area contributed by atoms with Crippen molar-refractivity contribution in [1.82, 2.24) is 0 Å². The fraction of sp³-hybridized carbons (Fsp3) is 0.600. The number of hydrogen-bond acceptors (Lipinski definition) is 3. The second-order valence-corrected chi connectivity index (χ2v) is 5.28. The van der Waals surface area contributed by atoms with Gasteiger partial charge in [0.2, 0.25) is 0 Å². The first-order valence-corrected chi connectivity index (χ1v) is 6.97. The van der Waals surface area contributed by atoms with Gasteiger partial charge in [-0.2, -0.15) is 0 Å². The van der Waals surface area contributed by atoms with Crippen LogP contribution in [0, 0.1) is 0 Å². The minimum Gasteiger partial charge on any atom is -0.489 e. The average Bonchev–Trinajstić information content (AvgIpc) is 2.82. The maximum atomic E-state index is 5.95. The Morgan fingerprint density at radius 3 is 3.17 bits per heavy atom. The fourth-order valence-corrected chi connectivity index (χ4v) is 2.79. The third kappa shape index (κ3) is 2.46. The van der Waals surface area contributed by atoms with E-state index >= 15 is 0 Å². The number of benzene rings is 1. The second kappa shape index (κ2) is 5.19. The van der Waals surface area contributed by atoms with Crippen LogP contribution in [-0.4, -0.2) is 25.4 Å². The van der Waals surface area contributed by atoms with Crippen LogP contribution in [-0.2, 0) is 11.2 Å². The maximum Gasteiger partial charge on any atom is 0.142 e. The van der Waals surface area contributed by atoms with E-state index in [4.69, 9.17) is 9.47 Å². The van der Waals surface area contributed by atoms with Gasteiger partial charge in [0.1, 0.15) is 12.4 Å². The molecule has 3 nitrogen and oxygen atoms in total. The van der Waals surface area contributed by atoms with Crippen LogP contribution in [0.5, 0.6) is 5.75 Å². The predicted octanol–water partition coefficient (Wildman–Crippen LogP) is 2.99. The number of fused-ring (bicyclic) bond motifs is 1. The highest BCUT2D eigenvalue weighted by Gasteiger charge is 2.23. The lowest BCUT2D eigenvalue weighted by Gasteiger charge is -2.22. The third-order valence-electron chi connectivity index (χ3n) is 3.78. The summed E-state index contributed by atoms with van der Waals surface area (Å²) in [5, 5.41) is 3.45. The van der Waals surface area contributed by atoms with Crippen molar-refractivity contribution in [3.05, 3.63) is 23.8 Å².